The number of ether oxygens (including phenoxy) is 1. The Kier molecular flexibility index (Phi) is 4.57. The highest BCUT2D eigenvalue weighted by atomic mass is 32.2. The third kappa shape index (κ3) is 3.08. The Hall–Kier alpha value is -2.09. The molecule has 0 aliphatic heterocycles. The fraction of sp³-hybridized carbons (Fsp3) is 0.333. The van der Waals surface area contributed by atoms with Crippen molar-refractivity contribution >= 4 is 17.7 Å². The van der Waals surface area contributed by atoms with Gasteiger partial charge in [-0.25, -0.2) is 0 Å². The number of hydrogen-bond donors (Lipinski definition) is 0. The van der Waals surface area contributed by atoms with Crippen molar-refractivity contribution in [3.05, 3.63) is 24.3 Å². The lowest BCUT2D eigenvalue weighted by Crippen LogP contribution is -2.23. The summed E-state index contributed by atoms with van der Waals surface area (Å²) in [6, 6.07) is 7.43. The minimum Gasteiger partial charge on any atom is -0.494 e. The summed E-state index contributed by atoms with van der Waals surface area (Å²) < 4.78 is 6.85. The number of para-hydroxylation sites is 2. The largest absolute Gasteiger partial charge is 0.494 e. The molecule has 0 atom stereocenters. The predicted octanol–water partition coefficient (Wildman–Crippen LogP) is 0.851. The molecule has 1 aromatic heterocycles. The van der Waals surface area contributed by atoms with Gasteiger partial charge in [-0.05, 0) is 22.6 Å². The van der Waals surface area contributed by atoms with Crippen LogP contribution in [-0.4, -0.2) is 58.0 Å². The second kappa shape index (κ2) is 6.38. The van der Waals surface area contributed by atoms with Gasteiger partial charge in [0.05, 0.1) is 12.9 Å². The number of benzene rings is 1. The van der Waals surface area contributed by atoms with Crippen LogP contribution in [0.25, 0.3) is 5.69 Å². The maximum Gasteiger partial charge on any atom is 0.232 e. The van der Waals surface area contributed by atoms with Gasteiger partial charge in [-0.1, -0.05) is 23.9 Å². The average molecular weight is 293 g/mol. The number of methoxy groups -OCH3 is 1. The molecule has 0 bridgehead atoms. The number of tetrazole rings is 1. The van der Waals surface area contributed by atoms with E-state index in [0.717, 1.165) is 5.69 Å². The second-order valence-corrected chi connectivity index (χ2v) is 5.06. The van der Waals surface area contributed by atoms with Crippen LogP contribution in [0.5, 0.6) is 5.75 Å². The minimum atomic E-state index is 0.00424. The topological polar surface area (TPSA) is 73.1 Å². The van der Waals surface area contributed by atoms with E-state index in [-0.39, 0.29) is 11.7 Å². The standard InChI is InChI=1S/C12H15N5O2S/c1-16(2)11(18)8-20-12-13-14-15-17(12)9-6-4-5-7-10(9)19-3/h4-7H,8H2,1-3H3. The summed E-state index contributed by atoms with van der Waals surface area (Å²) in [7, 11) is 5.02. The van der Waals surface area contributed by atoms with Gasteiger partial charge in [-0.2, -0.15) is 4.68 Å². The highest BCUT2D eigenvalue weighted by molar-refractivity contribution is 7.99. The number of amides is 1. The van der Waals surface area contributed by atoms with E-state index in [1.807, 2.05) is 24.3 Å². The van der Waals surface area contributed by atoms with E-state index in [1.165, 1.54) is 16.7 Å². The monoisotopic (exact) mass is 293 g/mol. The zero-order valence-electron chi connectivity index (χ0n) is 11.5. The summed E-state index contributed by atoms with van der Waals surface area (Å²) in [6.07, 6.45) is 0. The van der Waals surface area contributed by atoms with E-state index in [4.69, 9.17) is 4.74 Å². The van der Waals surface area contributed by atoms with Crippen molar-refractivity contribution in [1.82, 2.24) is 25.1 Å². The highest BCUT2D eigenvalue weighted by Crippen LogP contribution is 2.25. The van der Waals surface area contributed by atoms with Gasteiger partial charge in [-0.15, -0.1) is 5.10 Å². The summed E-state index contributed by atoms with van der Waals surface area (Å²) in [4.78, 5) is 13.1. The van der Waals surface area contributed by atoms with E-state index >= 15 is 0 Å². The molecule has 20 heavy (non-hydrogen) atoms. The van der Waals surface area contributed by atoms with Crippen molar-refractivity contribution in [3.8, 4) is 11.4 Å². The Morgan fingerprint density at radius 1 is 1.40 bits per heavy atom. The summed E-state index contributed by atoms with van der Waals surface area (Å²) in [6.45, 7) is 0. The molecule has 2 aromatic rings. The molecule has 0 fully saturated rings. The Morgan fingerprint density at radius 3 is 2.85 bits per heavy atom. The molecule has 0 aliphatic rings. The molecule has 0 radical (unpaired) electrons. The van der Waals surface area contributed by atoms with Gasteiger partial charge >= 0.3 is 0 Å². The lowest BCUT2D eigenvalue weighted by atomic mass is 10.3. The Bertz CT molecular complexity index is 599. The van der Waals surface area contributed by atoms with Crippen LogP contribution in [-0.2, 0) is 4.79 Å². The van der Waals surface area contributed by atoms with Crippen LogP contribution in [0.2, 0.25) is 0 Å². The molecule has 0 aliphatic carbocycles. The van der Waals surface area contributed by atoms with Crippen LogP contribution in [0.15, 0.2) is 29.4 Å². The number of hydrogen-bond acceptors (Lipinski definition) is 6. The molecular weight excluding hydrogens is 278 g/mol. The van der Waals surface area contributed by atoms with Crippen molar-refractivity contribution < 1.29 is 9.53 Å². The number of nitrogens with zero attached hydrogens (tertiary/aromatic N) is 5. The first-order valence-electron chi connectivity index (χ1n) is 5.88. The van der Waals surface area contributed by atoms with Crippen LogP contribution >= 0.6 is 11.8 Å². The van der Waals surface area contributed by atoms with Gasteiger partial charge in [-0.3, -0.25) is 4.79 Å². The van der Waals surface area contributed by atoms with Gasteiger partial charge in [0, 0.05) is 14.1 Å². The van der Waals surface area contributed by atoms with Crippen molar-refractivity contribution in [3.63, 3.8) is 0 Å². The van der Waals surface area contributed by atoms with E-state index in [2.05, 4.69) is 15.5 Å². The van der Waals surface area contributed by atoms with E-state index in [0.29, 0.717) is 10.9 Å². The fourth-order valence-electron chi connectivity index (χ4n) is 1.48. The molecule has 1 heterocycles. The number of carbonyl (C=O) groups excluding carboxylic acids is 1. The molecule has 0 saturated carbocycles. The predicted molar refractivity (Wildman–Crippen MR) is 75.1 cm³/mol. The molecule has 1 aromatic carbocycles. The average Bonchev–Trinajstić information content (AvgIpc) is 2.92. The third-order valence-electron chi connectivity index (χ3n) is 2.58. The summed E-state index contributed by atoms with van der Waals surface area (Å²) in [5, 5.41) is 12.1. The van der Waals surface area contributed by atoms with Crippen LogP contribution in [0.1, 0.15) is 0 Å². The molecule has 0 saturated heterocycles. The number of aromatic nitrogens is 4. The first-order valence-corrected chi connectivity index (χ1v) is 6.86. The number of carbonyl (C=O) groups is 1. The molecule has 0 unspecified atom stereocenters. The van der Waals surface area contributed by atoms with Gasteiger partial charge in [0.2, 0.25) is 11.1 Å². The Balaban J connectivity index is 2.22. The van der Waals surface area contributed by atoms with E-state index in [9.17, 15) is 4.79 Å². The third-order valence-corrected chi connectivity index (χ3v) is 3.48. The van der Waals surface area contributed by atoms with Crippen LogP contribution in [0.3, 0.4) is 0 Å². The molecular formula is C12H15N5O2S. The Morgan fingerprint density at radius 2 is 2.15 bits per heavy atom. The summed E-state index contributed by atoms with van der Waals surface area (Å²) in [5.41, 5.74) is 0.736. The molecule has 0 N–H and O–H groups in total. The van der Waals surface area contributed by atoms with Crippen LogP contribution in [0, 0.1) is 0 Å². The molecule has 106 valence electrons. The van der Waals surface area contributed by atoms with Crippen molar-refractivity contribution in [2.75, 3.05) is 27.0 Å². The van der Waals surface area contributed by atoms with Crippen molar-refractivity contribution in [2.45, 2.75) is 5.16 Å². The van der Waals surface area contributed by atoms with Gasteiger partial charge in [0.15, 0.2) is 0 Å². The van der Waals surface area contributed by atoms with Crippen LogP contribution in [0.4, 0.5) is 0 Å². The smallest absolute Gasteiger partial charge is 0.232 e. The molecule has 1 amide bonds. The molecule has 2 rings (SSSR count). The summed E-state index contributed by atoms with van der Waals surface area (Å²) in [5.74, 6) is 0.952. The Labute approximate surface area is 120 Å². The van der Waals surface area contributed by atoms with Crippen molar-refractivity contribution in [1.29, 1.82) is 0 Å². The second-order valence-electron chi connectivity index (χ2n) is 4.12. The zero-order chi connectivity index (χ0) is 14.5. The maximum absolute atomic E-state index is 11.6. The van der Waals surface area contributed by atoms with Crippen molar-refractivity contribution in [2.24, 2.45) is 0 Å². The number of rotatable bonds is 5. The molecule has 0 spiro atoms. The zero-order valence-corrected chi connectivity index (χ0v) is 12.3. The molecule has 7 nitrogen and oxygen atoms in total. The minimum absolute atomic E-state index is 0.00424. The lowest BCUT2D eigenvalue weighted by molar-refractivity contribution is -0.125. The van der Waals surface area contributed by atoms with Crippen LogP contribution < -0.4 is 4.74 Å². The quantitative estimate of drug-likeness (QED) is 0.761. The molecule has 8 heteroatoms. The first-order chi connectivity index (χ1) is 9.63. The SMILES string of the molecule is COc1ccccc1-n1nnnc1SCC(=O)N(C)C. The van der Waals surface area contributed by atoms with E-state index in [1.54, 1.807) is 25.9 Å². The maximum atomic E-state index is 11.6. The lowest BCUT2D eigenvalue weighted by Gasteiger charge is -2.10. The highest BCUT2D eigenvalue weighted by Gasteiger charge is 2.14. The van der Waals surface area contributed by atoms with Gasteiger partial charge in [0.1, 0.15) is 11.4 Å². The first kappa shape index (κ1) is 14.3. The summed E-state index contributed by atoms with van der Waals surface area (Å²) >= 11 is 1.28. The van der Waals surface area contributed by atoms with Gasteiger partial charge in [0.25, 0.3) is 0 Å². The normalized spacial score (nSPS) is 10.3. The number of thioether (sulfide) groups is 1. The van der Waals surface area contributed by atoms with Gasteiger partial charge < -0.3 is 9.64 Å². The fourth-order valence-corrected chi connectivity index (χ4v) is 2.34. The van der Waals surface area contributed by atoms with E-state index < -0.39 is 0 Å².